The van der Waals surface area contributed by atoms with Crippen molar-refractivity contribution in [2.45, 2.75) is 38.5 Å². The summed E-state index contributed by atoms with van der Waals surface area (Å²) < 4.78 is 0. The first-order valence-corrected chi connectivity index (χ1v) is 11.9. The average Bonchev–Trinajstić information content (AvgIpc) is 3.63. The molecule has 2 aromatic carbocycles. The standard InChI is InChI=1S/C27H28N6O2/c34-23(32-21-7-3-19(4-8-21)25-28-13-14-29-25)17-27(11-1-2-12-27)18-24(35)33-22-9-5-20(6-10-22)26-30-15-16-31-26/h3-10,13-16H,1-2,11-12,17-18H2,(H,28,29)(H,30,31)(H,32,34)(H,33,35). The fourth-order valence-electron chi connectivity index (χ4n) is 4.90. The number of carbonyl (C=O) groups is 2. The van der Waals surface area contributed by atoms with Gasteiger partial charge in [0, 0.05) is 60.1 Å². The summed E-state index contributed by atoms with van der Waals surface area (Å²) in [6.45, 7) is 0. The second-order valence-electron chi connectivity index (χ2n) is 9.19. The number of benzene rings is 2. The summed E-state index contributed by atoms with van der Waals surface area (Å²) in [6.07, 6.45) is 11.5. The van der Waals surface area contributed by atoms with E-state index in [1.165, 1.54) is 0 Å². The van der Waals surface area contributed by atoms with Crippen molar-refractivity contribution in [3.63, 3.8) is 0 Å². The van der Waals surface area contributed by atoms with Crippen molar-refractivity contribution in [1.82, 2.24) is 19.9 Å². The fraction of sp³-hybridized carbons (Fsp3) is 0.259. The number of nitrogens with zero attached hydrogens (tertiary/aromatic N) is 2. The van der Waals surface area contributed by atoms with Crippen LogP contribution in [0.4, 0.5) is 11.4 Å². The number of aromatic amines is 2. The molecule has 1 aliphatic carbocycles. The Morgan fingerprint density at radius 2 is 1.14 bits per heavy atom. The molecule has 0 bridgehead atoms. The van der Waals surface area contributed by atoms with Gasteiger partial charge >= 0.3 is 0 Å². The summed E-state index contributed by atoms with van der Waals surface area (Å²) in [5.41, 5.74) is 3.07. The molecule has 0 radical (unpaired) electrons. The number of rotatable bonds is 8. The van der Waals surface area contributed by atoms with Crippen molar-refractivity contribution in [1.29, 1.82) is 0 Å². The van der Waals surface area contributed by atoms with Crippen LogP contribution in [0.5, 0.6) is 0 Å². The lowest BCUT2D eigenvalue weighted by Gasteiger charge is -2.27. The second-order valence-corrected chi connectivity index (χ2v) is 9.19. The Morgan fingerprint density at radius 3 is 1.51 bits per heavy atom. The molecule has 5 rings (SSSR count). The SMILES string of the molecule is O=C(CC1(CC(=O)Nc2ccc(-c3ncc[nH]3)cc2)CCCC1)Nc1ccc(-c2ncc[nH]2)cc1. The number of imidazole rings is 2. The Labute approximate surface area is 203 Å². The van der Waals surface area contributed by atoms with Crippen molar-refractivity contribution >= 4 is 23.2 Å². The molecule has 2 heterocycles. The summed E-state index contributed by atoms with van der Waals surface area (Å²) in [7, 11) is 0. The van der Waals surface area contributed by atoms with E-state index in [0.29, 0.717) is 12.8 Å². The fourth-order valence-corrected chi connectivity index (χ4v) is 4.90. The molecule has 8 nitrogen and oxygen atoms in total. The molecule has 35 heavy (non-hydrogen) atoms. The summed E-state index contributed by atoms with van der Waals surface area (Å²) >= 11 is 0. The molecule has 2 amide bonds. The summed E-state index contributed by atoms with van der Waals surface area (Å²) in [4.78, 5) is 40.4. The molecule has 0 saturated heterocycles. The minimum absolute atomic E-state index is 0.0618. The van der Waals surface area contributed by atoms with Gasteiger partial charge in [-0.1, -0.05) is 12.8 Å². The molecule has 8 heteroatoms. The highest BCUT2D eigenvalue weighted by Gasteiger charge is 2.38. The third-order valence-electron chi connectivity index (χ3n) is 6.62. The Morgan fingerprint density at radius 1 is 0.714 bits per heavy atom. The summed E-state index contributed by atoms with van der Waals surface area (Å²) in [6, 6.07) is 15.2. The Balaban J connectivity index is 1.18. The molecule has 178 valence electrons. The van der Waals surface area contributed by atoms with E-state index in [4.69, 9.17) is 0 Å². The van der Waals surface area contributed by atoms with Crippen LogP contribution in [0.25, 0.3) is 22.8 Å². The lowest BCUT2D eigenvalue weighted by atomic mass is 9.79. The Hall–Kier alpha value is -4.20. The third-order valence-corrected chi connectivity index (χ3v) is 6.62. The number of carbonyl (C=O) groups excluding carboxylic acids is 2. The minimum Gasteiger partial charge on any atom is -0.345 e. The van der Waals surface area contributed by atoms with Crippen LogP contribution >= 0.6 is 0 Å². The van der Waals surface area contributed by atoms with Crippen molar-refractivity contribution in [3.8, 4) is 22.8 Å². The highest BCUT2D eigenvalue weighted by molar-refractivity contribution is 5.94. The predicted molar refractivity (Wildman–Crippen MR) is 135 cm³/mol. The Bertz CT molecular complexity index is 1160. The van der Waals surface area contributed by atoms with Crippen LogP contribution in [0.1, 0.15) is 38.5 Å². The molecule has 1 aliphatic rings. The number of anilines is 2. The number of aromatic nitrogens is 4. The largest absolute Gasteiger partial charge is 0.345 e. The van der Waals surface area contributed by atoms with Crippen LogP contribution in [0.15, 0.2) is 73.3 Å². The number of hydrogen-bond donors (Lipinski definition) is 4. The molecule has 2 aromatic heterocycles. The van der Waals surface area contributed by atoms with E-state index >= 15 is 0 Å². The van der Waals surface area contributed by atoms with E-state index in [1.54, 1.807) is 24.8 Å². The molecule has 1 saturated carbocycles. The van der Waals surface area contributed by atoms with Crippen molar-refractivity contribution in [2.24, 2.45) is 5.41 Å². The second kappa shape index (κ2) is 9.97. The van der Waals surface area contributed by atoms with Crippen LogP contribution in [0, 0.1) is 5.41 Å². The van der Waals surface area contributed by atoms with E-state index in [0.717, 1.165) is 59.8 Å². The molecule has 0 unspecified atom stereocenters. The summed E-state index contributed by atoms with van der Waals surface area (Å²) in [5.74, 6) is 1.45. The molecule has 0 spiro atoms. The smallest absolute Gasteiger partial charge is 0.224 e. The summed E-state index contributed by atoms with van der Waals surface area (Å²) in [5, 5.41) is 6.00. The van der Waals surface area contributed by atoms with Gasteiger partial charge < -0.3 is 20.6 Å². The van der Waals surface area contributed by atoms with Gasteiger partial charge in [-0.2, -0.15) is 0 Å². The van der Waals surface area contributed by atoms with E-state index in [1.807, 2.05) is 48.5 Å². The van der Waals surface area contributed by atoms with Gasteiger partial charge in [-0.25, -0.2) is 9.97 Å². The quantitative estimate of drug-likeness (QED) is 0.278. The lowest BCUT2D eigenvalue weighted by molar-refractivity contribution is -0.121. The number of amides is 2. The number of nitrogens with one attached hydrogen (secondary N) is 4. The maximum absolute atomic E-state index is 12.9. The van der Waals surface area contributed by atoms with Gasteiger partial charge in [-0.3, -0.25) is 9.59 Å². The van der Waals surface area contributed by atoms with Gasteiger partial charge in [-0.05, 0) is 66.8 Å². The van der Waals surface area contributed by atoms with Crippen LogP contribution in [0.3, 0.4) is 0 Å². The van der Waals surface area contributed by atoms with E-state index in [2.05, 4.69) is 30.6 Å². The zero-order chi connectivity index (χ0) is 24.1. The molecule has 1 fully saturated rings. The van der Waals surface area contributed by atoms with Gasteiger partial charge in [-0.15, -0.1) is 0 Å². The van der Waals surface area contributed by atoms with Gasteiger partial charge in [0.2, 0.25) is 11.8 Å². The van der Waals surface area contributed by atoms with Gasteiger partial charge in [0.15, 0.2) is 0 Å². The normalized spacial score (nSPS) is 14.5. The molecule has 0 atom stereocenters. The van der Waals surface area contributed by atoms with Gasteiger partial charge in [0.05, 0.1) is 0 Å². The van der Waals surface area contributed by atoms with E-state index in [9.17, 15) is 9.59 Å². The zero-order valence-electron chi connectivity index (χ0n) is 19.4. The van der Waals surface area contributed by atoms with Gasteiger partial charge in [0.1, 0.15) is 11.6 Å². The minimum atomic E-state index is -0.309. The zero-order valence-corrected chi connectivity index (χ0v) is 19.4. The Kier molecular flexibility index (Phi) is 6.43. The monoisotopic (exact) mass is 468 g/mol. The van der Waals surface area contributed by atoms with E-state index < -0.39 is 0 Å². The van der Waals surface area contributed by atoms with Crippen molar-refractivity contribution in [3.05, 3.63) is 73.3 Å². The molecule has 4 N–H and O–H groups in total. The molecule has 4 aromatic rings. The third kappa shape index (κ3) is 5.48. The number of hydrogen-bond acceptors (Lipinski definition) is 4. The molecule has 0 aliphatic heterocycles. The van der Waals surface area contributed by atoms with Gasteiger partial charge in [0.25, 0.3) is 0 Å². The van der Waals surface area contributed by atoms with Crippen molar-refractivity contribution < 1.29 is 9.59 Å². The molecular formula is C27H28N6O2. The first-order chi connectivity index (χ1) is 17.1. The highest BCUT2D eigenvalue weighted by atomic mass is 16.2. The number of H-pyrrole nitrogens is 2. The topological polar surface area (TPSA) is 116 Å². The van der Waals surface area contributed by atoms with E-state index in [-0.39, 0.29) is 17.2 Å². The van der Waals surface area contributed by atoms with Crippen LogP contribution in [0.2, 0.25) is 0 Å². The highest BCUT2D eigenvalue weighted by Crippen LogP contribution is 2.44. The first-order valence-electron chi connectivity index (χ1n) is 11.9. The first kappa shape index (κ1) is 22.6. The maximum Gasteiger partial charge on any atom is 0.224 e. The van der Waals surface area contributed by atoms with Crippen LogP contribution in [-0.2, 0) is 9.59 Å². The maximum atomic E-state index is 12.9. The lowest BCUT2D eigenvalue weighted by Crippen LogP contribution is -2.30. The molecular weight excluding hydrogens is 440 g/mol. The van der Waals surface area contributed by atoms with Crippen LogP contribution in [-0.4, -0.2) is 31.8 Å². The average molecular weight is 469 g/mol. The van der Waals surface area contributed by atoms with Crippen LogP contribution < -0.4 is 10.6 Å². The van der Waals surface area contributed by atoms with Crippen molar-refractivity contribution in [2.75, 3.05) is 10.6 Å². The predicted octanol–water partition coefficient (Wildman–Crippen LogP) is 5.38.